The lowest BCUT2D eigenvalue weighted by molar-refractivity contribution is -0.116. The van der Waals surface area contributed by atoms with Gasteiger partial charge in [0.1, 0.15) is 5.76 Å². The van der Waals surface area contributed by atoms with Crippen LogP contribution in [0.4, 0.5) is 0 Å². The van der Waals surface area contributed by atoms with Crippen molar-refractivity contribution in [2.24, 2.45) is 5.92 Å². The molecule has 2 rings (SSSR count). The molecule has 2 aromatic rings. The highest BCUT2D eigenvalue weighted by Crippen LogP contribution is 2.13. The molecule has 0 aliphatic rings. The fraction of sp³-hybridized carbons (Fsp3) is 0.350. The van der Waals surface area contributed by atoms with Crippen LogP contribution in [0.2, 0.25) is 0 Å². The summed E-state index contributed by atoms with van der Waals surface area (Å²) in [4.78, 5) is 12.0. The Balaban J connectivity index is 1.91. The molecule has 6 nitrogen and oxygen atoms in total. The molecule has 0 saturated carbocycles. The monoisotopic (exact) mass is 390 g/mol. The third-order valence-corrected chi connectivity index (χ3v) is 5.77. The van der Waals surface area contributed by atoms with Gasteiger partial charge in [0.05, 0.1) is 17.7 Å². The molecule has 0 unspecified atom stereocenters. The average molecular weight is 391 g/mol. The van der Waals surface area contributed by atoms with E-state index in [1.54, 1.807) is 30.3 Å². The molecule has 1 aromatic heterocycles. The Hall–Kier alpha value is -2.38. The van der Waals surface area contributed by atoms with Crippen molar-refractivity contribution >= 4 is 22.0 Å². The summed E-state index contributed by atoms with van der Waals surface area (Å²) >= 11 is 0. The number of sulfonamides is 1. The van der Waals surface area contributed by atoms with Gasteiger partial charge in [0.25, 0.3) is 0 Å². The summed E-state index contributed by atoms with van der Waals surface area (Å²) in [5, 5.41) is 2.88. The first-order valence-electron chi connectivity index (χ1n) is 9.02. The van der Waals surface area contributed by atoms with E-state index in [1.165, 1.54) is 24.5 Å². The predicted octanol–water partition coefficient (Wildman–Crippen LogP) is 3.32. The molecule has 0 saturated heterocycles. The number of benzene rings is 1. The summed E-state index contributed by atoms with van der Waals surface area (Å²) in [6, 6.07) is 9.73. The van der Waals surface area contributed by atoms with Crippen LogP contribution in [0.15, 0.2) is 58.1 Å². The van der Waals surface area contributed by atoms with E-state index < -0.39 is 10.0 Å². The molecule has 0 atom stereocenters. The van der Waals surface area contributed by atoms with Crippen molar-refractivity contribution in [2.75, 3.05) is 6.54 Å². The van der Waals surface area contributed by atoms with Gasteiger partial charge in [-0.25, -0.2) is 13.1 Å². The van der Waals surface area contributed by atoms with Gasteiger partial charge in [0.15, 0.2) is 0 Å². The van der Waals surface area contributed by atoms with Gasteiger partial charge in [0.2, 0.25) is 15.9 Å². The second-order valence-electron chi connectivity index (χ2n) is 6.23. The van der Waals surface area contributed by atoms with Gasteiger partial charge in [-0.15, -0.1) is 0 Å². The molecule has 0 aliphatic heterocycles. The van der Waals surface area contributed by atoms with Crippen LogP contribution in [-0.4, -0.2) is 20.9 Å². The summed E-state index contributed by atoms with van der Waals surface area (Å²) in [5.41, 5.74) is 0.748. The molecule has 27 heavy (non-hydrogen) atoms. The van der Waals surface area contributed by atoms with Crippen molar-refractivity contribution in [2.45, 2.75) is 38.1 Å². The van der Waals surface area contributed by atoms with Crippen molar-refractivity contribution in [3.05, 3.63) is 60.1 Å². The van der Waals surface area contributed by atoms with Crippen molar-refractivity contribution in [1.82, 2.24) is 10.0 Å². The van der Waals surface area contributed by atoms with Gasteiger partial charge in [0, 0.05) is 12.6 Å². The number of rotatable bonds is 10. The molecule has 146 valence electrons. The van der Waals surface area contributed by atoms with E-state index in [0.29, 0.717) is 18.2 Å². The molecule has 1 amide bonds. The Bertz CT molecular complexity index is 837. The third kappa shape index (κ3) is 6.69. The zero-order chi connectivity index (χ0) is 19.7. The zero-order valence-corrected chi connectivity index (χ0v) is 16.5. The predicted molar refractivity (Wildman–Crippen MR) is 105 cm³/mol. The molecule has 1 heterocycles. The van der Waals surface area contributed by atoms with Gasteiger partial charge in [-0.2, -0.15) is 0 Å². The van der Waals surface area contributed by atoms with Crippen LogP contribution < -0.4 is 10.0 Å². The van der Waals surface area contributed by atoms with E-state index in [1.807, 2.05) is 0 Å². The highest BCUT2D eigenvalue weighted by atomic mass is 32.2. The first-order valence-corrected chi connectivity index (χ1v) is 10.5. The van der Waals surface area contributed by atoms with Gasteiger partial charge < -0.3 is 9.73 Å². The van der Waals surface area contributed by atoms with Crippen LogP contribution in [0.5, 0.6) is 0 Å². The van der Waals surface area contributed by atoms with Crippen molar-refractivity contribution in [3.63, 3.8) is 0 Å². The second kappa shape index (κ2) is 10.1. The number of furan rings is 1. The maximum Gasteiger partial charge on any atom is 0.244 e. The molecule has 0 fully saturated rings. The number of hydrogen-bond acceptors (Lipinski definition) is 4. The van der Waals surface area contributed by atoms with E-state index in [2.05, 4.69) is 23.9 Å². The lowest BCUT2D eigenvalue weighted by Gasteiger charge is -2.11. The van der Waals surface area contributed by atoms with Crippen molar-refractivity contribution in [1.29, 1.82) is 0 Å². The minimum Gasteiger partial charge on any atom is -0.468 e. The lowest BCUT2D eigenvalue weighted by atomic mass is 10.0. The Labute approximate surface area is 160 Å². The first-order chi connectivity index (χ1) is 12.9. The van der Waals surface area contributed by atoms with Crippen molar-refractivity contribution < 1.29 is 17.6 Å². The molecular weight excluding hydrogens is 364 g/mol. The van der Waals surface area contributed by atoms with E-state index in [-0.39, 0.29) is 17.3 Å². The average Bonchev–Trinajstić information content (AvgIpc) is 3.20. The van der Waals surface area contributed by atoms with Crippen LogP contribution in [0.1, 0.15) is 38.0 Å². The summed E-state index contributed by atoms with van der Waals surface area (Å²) in [6.45, 7) is 4.97. The van der Waals surface area contributed by atoms with Crippen LogP contribution in [-0.2, 0) is 21.4 Å². The largest absolute Gasteiger partial charge is 0.468 e. The van der Waals surface area contributed by atoms with Gasteiger partial charge in [-0.3, -0.25) is 4.79 Å². The number of carbonyl (C=O) groups excluding carboxylic acids is 1. The van der Waals surface area contributed by atoms with Crippen molar-refractivity contribution in [3.8, 4) is 0 Å². The molecule has 0 radical (unpaired) electrons. The molecule has 0 aliphatic carbocycles. The maximum atomic E-state index is 12.3. The molecule has 7 heteroatoms. The normalized spacial score (nSPS) is 12.0. The molecule has 1 aromatic carbocycles. The highest BCUT2D eigenvalue weighted by Gasteiger charge is 2.14. The maximum absolute atomic E-state index is 12.3. The summed E-state index contributed by atoms with van der Waals surface area (Å²) < 4.78 is 32.1. The minimum atomic E-state index is -3.62. The SMILES string of the molecule is CCC(CC)CNC(=O)C=Cc1ccc(S(=O)(=O)NCc2ccco2)cc1. The Morgan fingerprint density at radius 2 is 1.85 bits per heavy atom. The summed E-state index contributed by atoms with van der Waals surface area (Å²) in [6.07, 6.45) is 6.68. The van der Waals surface area contributed by atoms with Crippen LogP contribution in [0, 0.1) is 5.92 Å². The fourth-order valence-corrected chi connectivity index (χ4v) is 3.47. The van der Waals surface area contributed by atoms with E-state index in [0.717, 1.165) is 18.4 Å². The summed E-state index contributed by atoms with van der Waals surface area (Å²) in [5.74, 6) is 0.872. The lowest BCUT2D eigenvalue weighted by Crippen LogP contribution is -2.27. The smallest absolute Gasteiger partial charge is 0.244 e. The Morgan fingerprint density at radius 1 is 1.15 bits per heavy atom. The van der Waals surface area contributed by atoms with Gasteiger partial charge in [-0.1, -0.05) is 38.8 Å². The number of carbonyl (C=O) groups is 1. The molecular formula is C20H26N2O4S. The van der Waals surface area contributed by atoms with E-state index in [9.17, 15) is 13.2 Å². The summed E-state index contributed by atoms with van der Waals surface area (Å²) in [7, 11) is -3.62. The zero-order valence-electron chi connectivity index (χ0n) is 15.6. The molecule has 0 spiro atoms. The minimum absolute atomic E-state index is 0.0909. The number of hydrogen-bond donors (Lipinski definition) is 2. The molecule has 0 bridgehead atoms. The van der Waals surface area contributed by atoms with Crippen LogP contribution >= 0.6 is 0 Å². The fourth-order valence-electron chi connectivity index (χ4n) is 2.47. The number of amides is 1. The first kappa shape index (κ1) is 20.9. The van der Waals surface area contributed by atoms with Gasteiger partial charge in [-0.05, 0) is 41.8 Å². The van der Waals surface area contributed by atoms with Crippen LogP contribution in [0.3, 0.4) is 0 Å². The van der Waals surface area contributed by atoms with Gasteiger partial charge >= 0.3 is 0 Å². The topological polar surface area (TPSA) is 88.4 Å². The van der Waals surface area contributed by atoms with Crippen LogP contribution in [0.25, 0.3) is 6.08 Å². The third-order valence-electron chi connectivity index (χ3n) is 4.35. The second-order valence-corrected chi connectivity index (χ2v) is 8.00. The Kier molecular flexibility index (Phi) is 7.82. The standard InChI is InChI=1S/C20H26N2O4S/c1-3-16(4-2)14-21-20(23)12-9-17-7-10-19(11-8-17)27(24,25)22-15-18-6-5-13-26-18/h5-13,16,22H,3-4,14-15H2,1-2H3,(H,21,23). The van der Waals surface area contributed by atoms with E-state index in [4.69, 9.17) is 4.42 Å². The number of nitrogens with one attached hydrogen (secondary N) is 2. The molecule has 2 N–H and O–H groups in total. The highest BCUT2D eigenvalue weighted by molar-refractivity contribution is 7.89. The Morgan fingerprint density at radius 3 is 2.44 bits per heavy atom. The van der Waals surface area contributed by atoms with E-state index >= 15 is 0 Å². The quantitative estimate of drug-likeness (QED) is 0.609.